The molecule has 0 bridgehead atoms. The zero-order valence-electron chi connectivity index (χ0n) is 12.2. The molecule has 1 saturated heterocycles. The van der Waals surface area contributed by atoms with Crippen LogP contribution in [0.4, 0.5) is 0 Å². The first-order valence-corrected chi connectivity index (χ1v) is 7.66. The molecule has 0 aliphatic carbocycles. The normalized spacial score (nSPS) is 20.1. The molecule has 3 N–H and O–H groups in total. The lowest BCUT2D eigenvalue weighted by atomic mass is 9.78. The Kier molecular flexibility index (Phi) is 7.39. The van der Waals surface area contributed by atoms with E-state index < -0.39 is 11.4 Å². The molecule has 1 aliphatic heterocycles. The Balaban J connectivity index is 2.29. The van der Waals surface area contributed by atoms with Gasteiger partial charge in [-0.2, -0.15) is 0 Å². The number of aliphatic carboxylic acids is 1. The van der Waals surface area contributed by atoms with Crippen LogP contribution in [0.15, 0.2) is 0 Å². The molecule has 0 aromatic carbocycles. The SMILES string of the molecule is CCCC(CN)(CCCCC1CCOCC1)C(=O)O. The van der Waals surface area contributed by atoms with E-state index >= 15 is 0 Å². The molecule has 112 valence electrons. The van der Waals surface area contributed by atoms with Gasteiger partial charge in [-0.3, -0.25) is 4.79 Å². The van der Waals surface area contributed by atoms with Crippen LogP contribution in [-0.2, 0) is 9.53 Å². The Labute approximate surface area is 116 Å². The van der Waals surface area contributed by atoms with Crippen molar-refractivity contribution in [2.45, 2.75) is 58.3 Å². The Morgan fingerprint density at radius 3 is 2.53 bits per heavy atom. The highest BCUT2D eigenvalue weighted by atomic mass is 16.5. The van der Waals surface area contributed by atoms with Crippen molar-refractivity contribution in [3.8, 4) is 0 Å². The predicted octanol–water partition coefficient (Wildman–Crippen LogP) is 2.80. The quantitative estimate of drug-likeness (QED) is 0.632. The maximum Gasteiger partial charge on any atom is 0.310 e. The number of carboxylic acid groups (broad SMARTS) is 1. The van der Waals surface area contributed by atoms with Gasteiger partial charge in [0.1, 0.15) is 0 Å². The Bertz CT molecular complexity index is 264. The molecule has 1 unspecified atom stereocenters. The topological polar surface area (TPSA) is 72.5 Å². The molecular formula is C15H29NO3. The van der Waals surface area contributed by atoms with Crippen LogP contribution in [0.1, 0.15) is 58.3 Å². The second-order valence-corrected chi connectivity index (χ2v) is 5.84. The number of hydrogen-bond donors (Lipinski definition) is 2. The maximum atomic E-state index is 11.4. The molecule has 19 heavy (non-hydrogen) atoms. The van der Waals surface area contributed by atoms with E-state index in [2.05, 4.69) is 0 Å². The summed E-state index contributed by atoms with van der Waals surface area (Å²) in [5.41, 5.74) is 5.03. The van der Waals surface area contributed by atoms with Gasteiger partial charge in [-0.15, -0.1) is 0 Å². The molecule has 0 amide bonds. The monoisotopic (exact) mass is 271 g/mol. The molecule has 1 heterocycles. The van der Waals surface area contributed by atoms with Crippen LogP contribution in [0.3, 0.4) is 0 Å². The molecule has 0 saturated carbocycles. The highest BCUT2D eigenvalue weighted by molar-refractivity contribution is 5.74. The lowest BCUT2D eigenvalue weighted by molar-refractivity contribution is -0.149. The first kappa shape index (κ1) is 16.4. The molecule has 1 rings (SSSR count). The van der Waals surface area contributed by atoms with E-state index in [1.165, 1.54) is 6.42 Å². The van der Waals surface area contributed by atoms with Gasteiger partial charge in [-0.05, 0) is 31.6 Å². The molecule has 1 fully saturated rings. The number of nitrogens with two attached hydrogens (primary N) is 1. The first-order chi connectivity index (χ1) is 9.14. The van der Waals surface area contributed by atoms with E-state index in [0.29, 0.717) is 6.42 Å². The Hall–Kier alpha value is -0.610. The third kappa shape index (κ3) is 5.11. The number of carbonyl (C=O) groups is 1. The predicted molar refractivity (Wildman–Crippen MR) is 76.0 cm³/mol. The fourth-order valence-corrected chi connectivity index (χ4v) is 3.04. The minimum Gasteiger partial charge on any atom is -0.481 e. The van der Waals surface area contributed by atoms with Crippen molar-refractivity contribution >= 4 is 5.97 Å². The summed E-state index contributed by atoms with van der Waals surface area (Å²) in [5.74, 6) is 0.0555. The van der Waals surface area contributed by atoms with E-state index in [1.807, 2.05) is 6.92 Å². The fourth-order valence-electron chi connectivity index (χ4n) is 3.04. The van der Waals surface area contributed by atoms with E-state index in [4.69, 9.17) is 10.5 Å². The number of unbranched alkanes of at least 4 members (excludes halogenated alkanes) is 1. The third-order valence-corrected chi connectivity index (χ3v) is 4.43. The van der Waals surface area contributed by atoms with Crippen LogP contribution >= 0.6 is 0 Å². The second-order valence-electron chi connectivity index (χ2n) is 5.84. The van der Waals surface area contributed by atoms with Crippen LogP contribution in [0.5, 0.6) is 0 Å². The summed E-state index contributed by atoms with van der Waals surface area (Å²) in [6, 6.07) is 0. The highest BCUT2D eigenvalue weighted by Gasteiger charge is 2.35. The van der Waals surface area contributed by atoms with Gasteiger partial charge in [0.15, 0.2) is 0 Å². The summed E-state index contributed by atoms with van der Waals surface area (Å²) in [5, 5.41) is 9.41. The highest BCUT2D eigenvalue weighted by Crippen LogP contribution is 2.31. The van der Waals surface area contributed by atoms with Crippen LogP contribution in [0.2, 0.25) is 0 Å². The molecule has 4 heteroatoms. The Morgan fingerprint density at radius 2 is 2.00 bits per heavy atom. The van der Waals surface area contributed by atoms with Crippen molar-refractivity contribution in [2.24, 2.45) is 17.1 Å². The average Bonchev–Trinajstić information content (AvgIpc) is 2.43. The van der Waals surface area contributed by atoms with Gasteiger partial charge >= 0.3 is 5.97 Å². The number of ether oxygens (including phenoxy) is 1. The van der Waals surface area contributed by atoms with Crippen LogP contribution in [0, 0.1) is 11.3 Å². The van der Waals surface area contributed by atoms with Gasteiger partial charge < -0.3 is 15.6 Å². The molecule has 1 aliphatic rings. The minimum absolute atomic E-state index is 0.257. The molecular weight excluding hydrogens is 242 g/mol. The van der Waals surface area contributed by atoms with Gasteiger partial charge in [0.05, 0.1) is 5.41 Å². The van der Waals surface area contributed by atoms with E-state index in [1.54, 1.807) is 0 Å². The largest absolute Gasteiger partial charge is 0.481 e. The maximum absolute atomic E-state index is 11.4. The van der Waals surface area contributed by atoms with Gasteiger partial charge in [0.25, 0.3) is 0 Å². The summed E-state index contributed by atoms with van der Waals surface area (Å²) in [4.78, 5) is 11.4. The molecule has 0 aromatic rings. The number of carboxylic acids is 1. The summed E-state index contributed by atoms with van der Waals surface area (Å²) in [6.45, 7) is 4.06. The lowest BCUT2D eigenvalue weighted by Gasteiger charge is -2.28. The van der Waals surface area contributed by atoms with Crippen molar-refractivity contribution in [3.63, 3.8) is 0 Å². The minimum atomic E-state index is -0.720. The van der Waals surface area contributed by atoms with Gasteiger partial charge in [0, 0.05) is 19.8 Å². The van der Waals surface area contributed by atoms with Crippen molar-refractivity contribution < 1.29 is 14.6 Å². The molecule has 0 radical (unpaired) electrons. The van der Waals surface area contributed by atoms with Crippen molar-refractivity contribution in [1.29, 1.82) is 0 Å². The first-order valence-electron chi connectivity index (χ1n) is 7.66. The van der Waals surface area contributed by atoms with Crippen LogP contribution in [0.25, 0.3) is 0 Å². The lowest BCUT2D eigenvalue weighted by Crippen LogP contribution is -2.38. The Morgan fingerprint density at radius 1 is 1.32 bits per heavy atom. The number of rotatable bonds is 9. The van der Waals surface area contributed by atoms with Gasteiger partial charge in [-0.25, -0.2) is 0 Å². The smallest absolute Gasteiger partial charge is 0.310 e. The van der Waals surface area contributed by atoms with Gasteiger partial charge in [0.2, 0.25) is 0 Å². The van der Waals surface area contributed by atoms with Gasteiger partial charge in [-0.1, -0.05) is 32.6 Å². The summed E-state index contributed by atoms with van der Waals surface area (Å²) in [7, 11) is 0. The van der Waals surface area contributed by atoms with E-state index in [-0.39, 0.29) is 6.54 Å². The molecule has 1 atom stereocenters. The zero-order valence-corrected chi connectivity index (χ0v) is 12.2. The average molecular weight is 271 g/mol. The van der Waals surface area contributed by atoms with Crippen molar-refractivity contribution in [3.05, 3.63) is 0 Å². The third-order valence-electron chi connectivity index (χ3n) is 4.43. The standard InChI is InChI=1S/C15H29NO3/c1-2-8-15(12-16,14(17)18)9-4-3-5-13-6-10-19-11-7-13/h13H,2-12,16H2,1H3,(H,17,18). The van der Waals surface area contributed by atoms with Crippen molar-refractivity contribution in [1.82, 2.24) is 0 Å². The second kappa shape index (κ2) is 8.54. The fraction of sp³-hybridized carbons (Fsp3) is 0.933. The zero-order chi connectivity index (χ0) is 14.1. The summed E-state index contributed by atoms with van der Waals surface area (Å²) < 4.78 is 5.35. The molecule has 0 spiro atoms. The number of hydrogen-bond acceptors (Lipinski definition) is 3. The molecule has 0 aromatic heterocycles. The van der Waals surface area contributed by atoms with Crippen LogP contribution < -0.4 is 5.73 Å². The van der Waals surface area contributed by atoms with Crippen LogP contribution in [-0.4, -0.2) is 30.8 Å². The summed E-state index contributed by atoms with van der Waals surface area (Å²) in [6.07, 6.45) is 7.90. The van der Waals surface area contributed by atoms with Crippen molar-refractivity contribution in [2.75, 3.05) is 19.8 Å². The van der Waals surface area contributed by atoms with E-state index in [9.17, 15) is 9.90 Å². The summed E-state index contributed by atoms with van der Waals surface area (Å²) >= 11 is 0. The molecule has 4 nitrogen and oxygen atoms in total. The van der Waals surface area contributed by atoms with E-state index in [0.717, 1.165) is 57.7 Å².